The Morgan fingerprint density at radius 2 is 1.87 bits per heavy atom. The van der Waals surface area contributed by atoms with E-state index in [-0.39, 0.29) is 0 Å². The Labute approximate surface area is 90.2 Å². The molecular weight excluding hydrogens is 190 g/mol. The number of fused-ring (bicyclic) bond motifs is 1. The van der Waals surface area contributed by atoms with Crippen LogP contribution < -0.4 is 15.2 Å². The summed E-state index contributed by atoms with van der Waals surface area (Å²) in [5.41, 5.74) is 7.69. The van der Waals surface area contributed by atoms with Crippen LogP contribution >= 0.6 is 0 Å². The summed E-state index contributed by atoms with van der Waals surface area (Å²) in [6, 6.07) is 4.03. The Morgan fingerprint density at radius 1 is 1.27 bits per heavy atom. The average Bonchev–Trinajstić information content (AvgIpc) is 2.21. The van der Waals surface area contributed by atoms with Gasteiger partial charge in [-0.2, -0.15) is 0 Å². The van der Waals surface area contributed by atoms with Crippen LogP contribution in [-0.4, -0.2) is 18.8 Å². The largest absolute Gasteiger partial charge is 0.485 e. The van der Waals surface area contributed by atoms with Crippen molar-refractivity contribution < 1.29 is 9.47 Å². The van der Waals surface area contributed by atoms with E-state index in [1.54, 1.807) is 0 Å². The molecule has 1 aromatic rings. The molecule has 1 aromatic carbocycles. The molecule has 3 nitrogen and oxygen atoms in total. The van der Waals surface area contributed by atoms with Crippen LogP contribution in [0.25, 0.3) is 0 Å². The van der Waals surface area contributed by atoms with Gasteiger partial charge in [-0.1, -0.05) is 0 Å². The molecule has 1 aliphatic rings. The minimum Gasteiger partial charge on any atom is -0.485 e. The van der Waals surface area contributed by atoms with Crippen LogP contribution in [0.1, 0.15) is 18.1 Å². The van der Waals surface area contributed by atoms with Crippen LogP contribution in [0.3, 0.4) is 0 Å². The van der Waals surface area contributed by atoms with Crippen molar-refractivity contribution in [2.75, 3.05) is 13.2 Å². The van der Waals surface area contributed by atoms with Gasteiger partial charge in [0.1, 0.15) is 6.61 Å². The van der Waals surface area contributed by atoms with Crippen molar-refractivity contribution in [3.05, 3.63) is 23.3 Å². The molecule has 0 radical (unpaired) electrons. The smallest absolute Gasteiger partial charge is 0.162 e. The number of aryl methyl sites for hydroxylation is 2. The maximum atomic E-state index is 5.85. The molecule has 1 aliphatic heterocycles. The van der Waals surface area contributed by atoms with E-state index in [1.807, 2.05) is 19.1 Å². The molecule has 0 unspecified atom stereocenters. The molecule has 3 heteroatoms. The molecule has 2 N–H and O–H groups in total. The van der Waals surface area contributed by atoms with Crippen molar-refractivity contribution in [2.24, 2.45) is 5.73 Å². The van der Waals surface area contributed by atoms with Crippen LogP contribution in [0, 0.1) is 13.8 Å². The summed E-state index contributed by atoms with van der Waals surface area (Å²) in [6.07, 6.45) is 0. The second kappa shape index (κ2) is 3.42. The Morgan fingerprint density at radius 3 is 2.47 bits per heavy atom. The number of nitrogens with two attached hydrogens (primary N) is 1. The van der Waals surface area contributed by atoms with E-state index < -0.39 is 5.60 Å². The van der Waals surface area contributed by atoms with Crippen molar-refractivity contribution in [1.29, 1.82) is 0 Å². The molecule has 15 heavy (non-hydrogen) atoms. The number of hydrogen-bond acceptors (Lipinski definition) is 3. The summed E-state index contributed by atoms with van der Waals surface area (Å²) in [6.45, 7) is 7.06. The lowest BCUT2D eigenvalue weighted by Gasteiger charge is -2.34. The number of benzene rings is 1. The van der Waals surface area contributed by atoms with Crippen molar-refractivity contribution in [3.63, 3.8) is 0 Å². The van der Waals surface area contributed by atoms with Crippen molar-refractivity contribution >= 4 is 0 Å². The van der Waals surface area contributed by atoms with Crippen LogP contribution in [0.5, 0.6) is 11.5 Å². The topological polar surface area (TPSA) is 44.5 Å². The summed E-state index contributed by atoms with van der Waals surface area (Å²) in [5.74, 6) is 1.63. The SMILES string of the molecule is Cc1cc2c(cc1C)O[C@](C)(CN)CO2. The van der Waals surface area contributed by atoms with E-state index in [0.29, 0.717) is 13.2 Å². The third-order valence-electron chi connectivity index (χ3n) is 2.88. The van der Waals surface area contributed by atoms with Crippen LogP contribution in [-0.2, 0) is 0 Å². The first-order chi connectivity index (χ1) is 7.04. The van der Waals surface area contributed by atoms with Crippen LogP contribution in [0.15, 0.2) is 12.1 Å². The van der Waals surface area contributed by atoms with Crippen molar-refractivity contribution in [2.45, 2.75) is 26.4 Å². The normalized spacial score (nSPS) is 24.0. The van der Waals surface area contributed by atoms with Gasteiger partial charge in [0.05, 0.1) is 0 Å². The highest BCUT2D eigenvalue weighted by Gasteiger charge is 2.31. The van der Waals surface area contributed by atoms with Gasteiger partial charge in [-0.3, -0.25) is 0 Å². The number of hydrogen-bond donors (Lipinski definition) is 1. The molecular formula is C12H17NO2. The van der Waals surface area contributed by atoms with Gasteiger partial charge < -0.3 is 15.2 Å². The average molecular weight is 207 g/mol. The van der Waals surface area contributed by atoms with Gasteiger partial charge in [0.2, 0.25) is 0 Å². The first kappa shape index (κ1) is 10.3. The number of ether oxygens (including phenoxy) is 2. The molecule has 1 atom stereocenters. The third kappa shape index (κ3) is 1.79. The minimum absolute atomic E-state index is 0.394. The van der Waals surface area contributed by atoms with Gasteiger partial charge in [-0.25, -0.2) is 0 Å². The lowest BCUT2D eigenvalue weighted by atomic mass is 10.0. The Hall–Kier alpha value is -1.22. The molecule has 1 heterocycles. The van der Waals surface area contributed by atoms with Crippen LogP contribution in [0.4, 0.5) is 0 Å². The fraction of sp³-hybridized carbons (Fsp3) is 0.500. The predicted molar refractivity (Wildman–Crippen MR) is 59.5 cm³/mol. The predicted octanol–water partition coefficient (Wildman–Crippen LogP) is 1.79. The highest BCUT2D eigenvalue weighted by atomic mass is 16.6. The molecule has 0 saturated heterocycles. The molecule has 2 rings (SSSR count). The highest BCUT2D eigenvalue weighted by molar-refractivity contribution is 5.47. The molecule has 0 bridgehead atoms. The quantitative estimate of drug-likeness (QED) is 0.763. The van der Waals surface area contributed by atoms with Crippen molar-refractivity contribution in [3.8, 4) is 11.5 Å². The highest BCUT2D eigenvalue weighted by Crippen LogP contribution is 2.36. The maximum Gasteiger partial charge on any atom is 0.162 e. The summed E-state index contributed by atoms with van der Waals surface area (Å²) in [5, 5.41) is 0. The fourth-order valence-electron chi connectivity index (χ4n) is 1.58. The van der Waals surface area contributed by atoms with E-state index in [9.17, 15) is 0 Å². The van der Waals surface area contributed by atoms with E-state index in [2.05, 4.69) is 13.8 Å². The first-order valence-electron chi connectivity index (χ1n) is 5.17. The summed E-state index contributed by atoms with van der Waals surface area (Å²) >= 11 is 0. The monoisotopic (exact) mass is 207 g/mol. The van der Waals surface area contributed by atoms with Gasteiger partial charge in [0.15, 0.2) is 17.1 Å². The maximum absolute atomic E-state index is 5.85. The van der Waals surface area contributed by atoms with Gasteiger partial charge in [-0.05, 0) is 44.0 Å². The summed E-state index contributed by atoms with van der Waals surface area (Å²) < 4.78 is 11.5. The van der Waals surface area contributed by atoms with Crippen molar-refractivity contribution in [1.82, 2.24) is 0 Å². The molecule has 0 aliphatic carbocycles. The Bertz CT molecular complexity index is 389. The zero-order valence-electron chi connectivity index (χ0n) is 9.46. The molecule has 0 amide bonds. The molecule has 0 spiro atoms. The molecule has 82 valence electrons. The number of rotatable bonds is 1. The van der Waals surface area contributed by atoms with E-state index in [4.69, 9.17) is 15.2 Å². The fourth-order valence-corrected chi connectivity index (χ4v) is 1.58. The third-order valence-corrected chi connectivity index (χ3v) is 2.88. The minimum atomic E-state index is -0.394. The Balaban J connectivity index is 2.38. The first-order valence-corrected chi connectivity index (χ1v) is 5.17. The zero-order chi connectivity index (χ0) is 11.1. The summed E-state index contributed by atoms with van der Waals surface area (Å²) in [4.78, 5) is 0. The second-order valence-electron chi connectivity index (χ2n) is 4.43. The lowest BCUT2D eigenvalue weighted by Crippen LogP contribution is -2.48. The second-order valence-corrected chi connectivity index (χ2v) is 4.43. The van der Waals surface area contributed by atoms with E-state index in [1.165, 1.54) is 11.1 Å². The standard InChI is InChI=1S/C12H17NO2/c1-8-4-10-11(5-9(8)2)15-12(3,6-13)7-14-10/h4-5H,6-7,13H2,1-3H3/t12-/m1/s1. The lowest BCUT2D eigenvalue weighted by molar-refractivity contribution is 0.0133. The van der Waals surface area contributed by atoms with Gasteiger partial charge in [0.25, 0.3) is 0 Å². The Kier molecular flexibility index (Phi) is 2.35. The van der Waals surface area contributed by atoms with Gasteiger partial charge >= 0.3 is 0 Å². The molecule has 0 fully saturated rings. The van der Waals surface area contributed by atoms with Crippen LogP contribution in [0.2, 0.25) is 0 Å². The zero-order valence-corrected chi connectivity index (χ0v) is 9.46. The van der Waals surface area contributed by atoms with Gasteiger partial charge in [0, 0.05) is 6.54 Å². The summed E-state index contributed by atoms with van der Waals surface area (Å²) in [7, 11) is 0. The van der Waals surface area contributed by atoms with E-state index in [0.717, 1.165) is 11.5 Å². The molecule has 0 saturated carbocycles. The van der Waals surface area contributed by atoms with E-state index >= 15 is 0 Å². The van der Waals surface area contributed by atoms with Gasteiger partial charge in [-0.15, -0.1) is 0 Å². The molecule has 0 aromatic heterocycles.